The van der Waals surface area contributed by atoms with Gasteiger partial charge in [0.05, 0.1) is 33.0 Å². The van der Waals surface area contributed by atoms with Crippen molar-refractivity contribution in [2.24, 2.45) is 16.0 Å². The number of hydrogen-bond acceptors (Lipinski definition) is 8. The molecular weight excluding hydrogens is 454 g/mol. The molecule has 2 N–H and O–H groups in total. The summed E-state index contributed by atoms with van der Waals surface area (Å²) in [4.78, 5) is 27.8. The zero-order valence-electron chi connectivity index (χ0n) is 16.3. The van der Waals surface area contributed by atoms with Crippen molar-refractivity contribution in [3.63, 3.8) is 0 Å². The van der Waals surface area contributed by atoms with Gasteiger partial charge in [0, 0.05) is 17.7 Å². The number of amides is 1. The number of hydroxylamine groups is 2. The van der Waals surface area contributed by atoms with Crippen LogP contribution >= 0.6 is 0 Å². The van der Waals surface area contributed by atoms with Crippen LogP contribution in [0, 0.1) is 0 Å². The van der Waals surface area contributed by atoms with E-state index in [9.17, 15) is 35.9 Å². The van der Waals surface area contributed by atoms with E-state index < -0.39 is 36.4 Å². The smallest absolute Gasteiger partial charge is 0.378 e. The van der Waals surface area contributed by atoms with Crippen molar-refractivity contribution < 1.29 is 50.2 Å². The van der Waals surface area contributed by atoms with Gasteiger partial charge in [0.1, 0.15) is 0 Å². The molecule has 0 spiro atoms. The third-order valence-electron chi connectivity index (χ3n) is 3.95. The Labute approximate surface area is 177 Å². The average molecular weight is 472 g/mol. The van der Waals surface area contributed by atoms with Gasteiger partial charge < -0.3 is 20.0 Å². The maximum Gasteiger partial charge on any atom is 0.493 e. The number of hydrogen-bond donors (Lipinski definition) is 1. The minimum absolute atomic E-state index is 0.0243. The highest BCUT2D eigenvalue weighted by Crippen LogP contribution is 2.52. The summed E-state index contributed by atoms with van der Waals surface area (Å²) >= 11 is 0. The van der Waals surface area contributed by atoms with E-state index in [-0.39, 0.29) is 49.2 Å². The van der Waals surface area contributed by atoms with Gasteiger partial charge in [-0.05, 0) is 12.1 Å². The second-order valence-electron chi connectivity index (χ2n) is 6.24. The number of ether oxygens (including phenoxy) is 2. The fraction of sp³-hybridized carbons (Fsp3) is 0.529. The molecule has 2 rings (SSSR count). The van der Waals surface area contributed by atoms with Gasteiger partial charge in [-0.15, -0.1) is 10.2 Å². The molecule has 0 fully saturated rings. The summed E-state index contributed by atoms with van der Waals surface area (Å²) in [6, 6.07) is 3.64. The maximum absolute atomic E-state index is 13.0. The molecule has 1 amide bonds. The SMILES string of the molecule is NCCOCCOCCN(OC(=O)C(F)(F)F)C(=O)c1ccc(C2(C(F)(F)F)N=N2)cc1. The summed E-state index contributed by atoms with van der Waals surface area (Å²) in [6.07, 6.45) is -10.2. The molecule has 0 saturated carbocycles. The van der Waals surface area contributed by atoms with Crippen LogP contribution < -0.4 is 5.73 Å². The Kier molecular flexibility index (Phi) is 8.14. The van der Waals surface area contributed by atoms with Crippen molar-refractivity contribution >= 4 is 11.9 Å². The molecule has 0 radical (unpaired) electrons. The predicted molar refractivity (Wildman–Crippen MR) is 92.9 cm³/mol. The first kappa shape index (κ1) is 25.5. The molecule has 9 nitrogen and oxygen atoms in total. The maximum atomic E-state index is 13.0. The third-order valence-corrected chi connectivity index (χ3v) is 3.95. The van der Waals surface area contributed by atoms with Crippen LogP contribution in [0.15, 0.2) is 34.5 Å². The van der Waals surface area contributed by atoms with Crippen molar-refractivity contribution in [1.29, 1.82) is 0 Å². The molecular formula is C17H18F6N4O5. The molecule has 15 heteroatoms. The Morgan fingerprint density at radius 2 is 1.50 bits per heavy atom. The molecule has 1 aliphatic heterocycles. The van der Waals surface area contributed by atoms with Crippen molar-refractivity contribution in [2.75, 3.05) is 39.5 Å². The van der Waals surface area contributed by atoms with E-state index >= 15 is 0 Å². The standard InChI is InChI=1S/C17H18F6N4O5/c18-16(19,20)14(29)32-27(6-8-31-10-9-30-7-5-24)13(28)11-1-3-12(4-2-11)15(25-26-15)17(21,22)23/h1-4H,5-10,24H2. The van der Waals surface area contributed by atoms with E-state index in [2.05, 4.69) is 15.1 Å². The molecule has 0 unspecified atom stereocenters. The van der Waals surface area contributed by atoms with E-state index in [0.29, 0.717) is 0 Å². The highest BCUT2D eigenvalue weighted by atomic mass is 19.4. The first-order chi connectivity index (χ1) is 14.9. The number of carbonyl (C=O) groups excluding carboxylic acids is 2. The number of halogens is 6. The highest BCUT2D eigenvalue weighted by molar-refractivity contribution is 5.94. The molecule has 178 valence electrons. The van der Waals surface area contributed by atoms with Crippen molar-refractivity contribution in [1.82, 2.24) is 5.06 Å². The second kappa shape index (κ2) is 10.2. The number of benzene rings is 1. The van der Waals surface area contributed by atoms with E-state index in [1.54, 1.807) is 0 Å². The Balaban J connectivity index is 2.05. The fourth-order valence-electron chi connectivity index (χ4n) is 2.32. The molecule has 0 aliphatic carbocycles. The second-order valence-corrected chi connectivity index (χ2v) is 6.24. The Bertz CT molecular complexity index is 822. The van der Waals surface area contributed by atoms with E-state index in [1.165, 1.54) is 0 Å². The molecule has 0 bridgehead atoms. The number of rotatable bonds is 10. The van der Waals surface area contributed by atoms with E-state index in [1.807, 2.05) is 0 Å². The van der Waals surface area contributed by atoms with Gasteiger partial charge in [0.2, 0.25) is 0 Å². The van der Waals surface area contributed by atoms with Gasteiger partial charge >= 0.3 is 24.0 Å². The molecule has 0 atom stereocenters. The number of nitrogens with zero attached hydrogens (tertiary/aromatic N) is 3. The lowest BCUT2D eigenvalue weighted by atomic mass is 10.0. The van der Waals surface area contributed by atoms with Crippen molar-refractivity contribution in [3.05, 3.63) is 35.4 Å². The number of carbonyl (C=O) groups is 2. The lowest BCUT2D eigenvalue weighted by molar-refractivity contribution is -0.229. The molecule has 0 aromatic heterocycles. The predicted octanol–water partition coefficient (Wildman–Crippen LogP) is 2.32. The normalized spacial score (nSPS) is 14.8. The van der Waals surface area contributed by atoms with Gasteiger partial charge in [0.25, 0.3) is 5.91 Å². The summed E-state index contributed by atoms with van der Waals surface area (Å²) < 4.78 is 86.9. The minimum Gasteiger partial charge on any atom is -0.378 e. The Morgan fingerprint density at radius 1 is 0.938 bits per heavy atom. The van der Waals surface area contributed by atoms with Crippen LogP contribution in [0.3, 0.4) is 0 Å². The Hall–Kier alpha value is -2.78. The summed E-state index contributed by atoms with van der Waals surface area (Å²) in [6.45, 7) is -0.209. The van der Waals surface area contributed by atoms with E-state index in [4.69, 9.17) is 15.2 Å². The van der Waals surface area contributed by atoms with Gasteiger partial charge in [-0.3, -0.25) is 4.79 Å². The molecule has 1 heterocycles. The lowest BCUT2D eigenvalue weighted by Crippen LogP contribution is -2.40. The number of alkyl halides is 6. The van der Waals surface area contributed by atoms with Crippen LogP contribution in [-0.4, -0.2) is 68.8 Å². The third kappa shape index (κ3) is 6.37. The average Bonchev–Trinajstić information content (AvgIpc) is 3.53. The summed E-state index contributed by atoms with van der Waals surface area (Å²) in [5, 5.41) is 6.12. The van der Waals surface area contributed by atoms with Crippen molar-refractivity contribution in [3.8, 4) is 0 Å². The molecule has 1 aromatic carbocycles. The summed E-state index contributed by atoms with van der Waals surface area (Å²) in [5.74, 6) is -3.86. The Morgan fingerprint density at radius 3 is 1.97 bits per heavy atom. The minimum atomic E-state index is -5.38. The first-order valence-electron chi connectivity index (χ1n) is 9.00. The molecule has 1 aromatic rings. The van der Waals surface area contributed by atoms with Gasteiger partial charge in [-0.2, -0.15) is 31.4 Å². The fourth-order valence-corrected chi connectivity index (χ4v) is 2.32. The first-order valence-corrected chi connectivity index (χ1v) is 9.00. The molecule has 0 saturated heterocycles. The van der Waals surface area contributed by atoms with Crippen LogP contribution in [0.5, 0.6) is 0 Å². The van der Waals surface area contributed by atoms with Crippen molar-refractivity contribution in [2.45, 2.75) is 18.0 Å². The van der Waals surface area contributed by atoms with Crippen LogP contribution in [0.1, 0.15) is 15.9 Å². The lowest BCUT2D eigenvalue weighted by Gasteiger charge is -2.22. The van der Waals surface area contributed by atoms with Crippen LogP contribution in [-0.2, 0) is 24.8 Å². The monoisotopic (exact) mass is 472 g/mol. The van der Waals surface area contributed by atoms with Gasteiger partial charge in [-0.25, -0.2) is 4.79 Å². The van der Waals surface area contributed by atoms with Crippen LogP contribution in [0.4, 0.5) is 26.3 Å². The topological polar surface area (TPSA) is 116 Å². The van der Waals surface area contributed by atoms with Gasteiger partial charge in [0.15, 0.2) is 0 Å². The number of nitrogens with two attached hydrogens (primary N) is 1. The zero-order chi connectivity index (χ0) is 24.0. The largest absolute Gasteiger partial charge is 0.493 e. The van der Waals surface area contributed by atoms with E-state index in [0.717, 1.165) is 24.3 Å². The summed E-state index contributed by atoms with van der Waals surface area (Å²) in [5.41, 5.74) is 1.77. The van der Waals surface area contributed by atoms with Gasteiger partial charge in [-0.1, -0.05) is 12.1 Å². The molecule has 32 heavy (non-hydrogen) atoms. The summed E-state index contributed by atoms with van der Waals surface area (Å²) in [7, 11) is 0. The zero-order valence-corrected chi connectivity index (χ0v) is 16.3. The molecule has 1 aliphatic rings. The van der Waals surface area contributed by atoms with Crippen LogP contribution in [0.2, 0.25) is 0 Å². The van der Waals surface area contributed by atoms with Crippen LogP contribution in [0.25, 0.3) is 0 Å². The highest BCUT2D eigenvalue weighted by Gasteiger charge is 2.65. The quantitative estimate of drug-likeness (QED) is 0.318.